The molecule has 2 aromatic heterocycles. The third-order valence-corrected chi connectivity index (χ3v) is 7.97. The average Bonchev–Trinajstić information content (AvgIpc) is 3.36. The van der Waals surface area contributed by atoms with E-state index in [4.69, 9.17) is 9.15 Å². The number of ether oxygens (including phenoxy) is 1. The van der Waals surface area contributed by atoms with Crippen LogP contribution in [0.25, 0.3) is 11.5 Å². The molecule has 0 amide bonds. The van der Waals surface area contributed by atoms with Crippen LogP contribution in [-0.4, -0.2) is 48.0 Å². The Morgan fingerprint density at radius 1 is 1.24 bits per heavy atom. The topological polar surface area (TPSA) is 117 Å². The van der Waals surface area contributed by atoms with Gasteiger partial charge in [0.25, 0.3) is 5.56 Å². The molecule has 0 aliphatic rings. The van der Waals surface area contributed by atoms with E-state index in [1.807, 2.05) is 51.1 Å². The van der Waals surface area contributed by atoms with Crippen LogP contribution in [0.5, 0.6) is 0 Å². The number of aryl methyl sites for hydroxylation is 1. The number of rotatable bonds is 10. The number of hydrogen-bond donors (Lipinski definition) is 0. The van der Waals surface area contributed by atoms with Gasteiger partial charge in [-0.2, -0.15) is 4.40 Å². The number of carbonyl (C=O) groups excluding carboxylic acids is 1. The van der Waals surface area contributed by atoms with E-state index in [0.717, 1.165) is 5.56 Å². The SMILES string of the molecule is CCOC(=O)Cn1c(SC)nc(CC/C(=N/[S@](=O)C(C)(C)C)c2coc(-c3ccccc3)n2)c(Br)c1=O. The van der Waals surface area contributed by atoms with Crippen molar-refractivity contribution in [1.82, 2.24) is 14.5 Å². The summed E-state index contributed by atoms with van der Waals surface area (Å²) in [4.78, 5) is 34.2. The molecule has 3 rings (SSSR count). The van der Waals surface area contributed by atoms with Crippen molar-refractivity contribution in [3.8, 4) is 11.5 Å². The first-order valence-corrected chi connectivity index (χ1v) is 14.7. The first kappa shape index (κ1) is 29.0. The van der Waals surface area contributed by atoms with Gasteiger partial charge in [-0.25, -0.2) is 14.2 Å². The minimum absolute atomic E-state index is 0.223. The van der Waals surface area contributed by atoms with Gasteiger partial charge in [-0.3, -0.25) is 14.2 Å². The van der Waals surface area contributed by atoms with E-state index in [2.05, 4.69) is 30.3 Å². The lowest BCUT2D eigenvalue weighted by atomic mass is 10.1. The molecule has 198 valence electrons. The lowest BCUT2D eigenvalue weighted by molar-refractivity contribution is -0.144. The van der Waals surface area contributed by atoms with Gasteiger partial charge in [0.2, 0.25) is 5.89 Å². The summed E-state index contributed by atoms with van der Waals surface area (Å²) in [5, 5.41) is 0.390. The minimum atomic E-state index is -1.54. The second-order valence-corrected chi connectivity index (χ2v) is 12.3. The zero-order chi connectivity index (χ0) is 27.2. The van der Waals surface area contributed by atoms with E-state index in [-0.39, 0.29) is 23.2 Å². The van der Waals surface area contributed by atoms with Crippen LogP contribution in [0, 0.1) is 0 Å². The molecule has 0 fully saturated rings. The van der Waals surface area contributed by atoms with Crippen LogP contribution >= 0.6 is 27.7 Å². The Morgan fingerprint density at radius 2 is 1.95 bits per heavy atom. The van der Waals surface area contributed by atoms with Crippen molar-refractivity contribution < 1.29 is 18.2 Å². The second kappa shape index (κ2) is 12.8. The average molecular weight is 610 g/mol. The monoisotopic (exact) mass is 608 g/mol. The van der Waals surface area contributed by atoms with Gasteiger partial charge in [0, 0.05) is 5.56 Å². The summed E-state index contributed by atoms with van der Waals surface area (Å²) in [6, 6.07) is 9.45. The Bertz CT molecular complexity index is 1360. The Balaban J connectivity index is 1.94. The molecule has 9 nitrogen and oxygen atoms in total. The van der Waals surface area contributed by atoms with Crippen molar-refractivity contribution in [3.05, 3.63) is 62.8 Å². The fourth-order valence-electron chi connectivity index (χ4n) is 3.16. The van der Waals surface area contributed by atoms with Gasteiger partial charge in [-0.05, 0) is 74.9 Å². The van der Waals surface area contributed by atoms with Gasteiger partial charge in [-0.1, -0.05) is 30.0 Å². The van der Waals surface area contributed by atoms with Crippen LogP contribution in [0.4, 0.5) is 0 Å². The quantitative estimate of drug-likeness (QED) is 0.139. The Labute approximate surface area is 230 Å². The number of oxazole rings is 1. The maximum atomic E-state index is 13.0. The molecule has 3 aromatic rings. The van der Waals surface area contributed by atoms with Gasteiger partial charge in [0.1, 0.15) is 34.0 Å². The van der Waals surface area contributed by atoms with E-state index in [1.54, 1.807) is 13.2 Å². The summed E-state index contributed by atoms with van der Waals surface area (Å²) in [7, 11) is -1.54. The third kappa shape index (κ3) is 7.48. The summed E-state index contributed by atoms with van der Waals surface area (Å²) >= 11 is 4.61. The summed E-state index contributed by atoms with van der Waals surface area (Å²) in [6.45, 7) is 7.22. The number of thioether (sulfide) groups is 1. The smallest absolute Gasteiger partial charge is 0.326 e. The van der Waals surface area contributed by atoms with Gasteiger partial charge < -0.3 is 9.15 Å². The van der Waals surface area contributed by atoms with E-state index in [9.17, 15) is 13.8 Å². The highest BCUT2D eigenvalue weighted by Gasteiger charge is 2.23. The van der Waals surface area contributed by atoms with Crippen LogP contribution in [0.15, 0.2) is 59.8 Å². The van der Waals surface area contributed by atoms with Crippen molar-refractivity contribution in [3.63, 3.8) is 0 Å². The fourth-order valence-corrected chi connectivity index (χ4v) is 4.89. The molecule has 1 atom stereocenters. The fraction of sp³-hybridized carbons (Fsp3) is 0.400. The highest BCUT2D eigenvalue weighted by molar-refractivity contribution is 9.10. The molecule has 0 saturated carbocycles. The Kier molecular flexibility index (Phi) is 10.0. The highest BCUT2D eigenvalue weighted by Crippen LogP contribution is 2.23. The molecule has 0 saturated heterocycles. The van der Waals surface area contributed by atoms with Crippen LogP contribution in [0.3, 0.4) is 0 Å². The predicted molar refractivity (Wildman–Crippen MR) is 149 cm³/mol. The second-order valence-electron chi connectivity index (χ2n) is 8.86. The molecule has 0 N–H and O–H groups in total. The van der Waals surface area contributed by atoms with Crippen LogP contribution in [0.2, 0.25) is 0 Å². The van der Waals surface area contributed by atoms with Crippen LogP contribution < -0.4 is 5.56 Å². The maximum absolute atomic E-state index is 13.0. The lowest BCUT2D eigenvalue weighted by Gasteiger charge is -2.15. The van der Waals surface area contributed by atoms with Gasteiger partial charge in [-0.15, -0.1) is 0 Å². The maximum Gasteiger partial charge on any atom is 0.326 e. The molecule has 2 heterocycles. The Morgan fingerprint density at radius 3 is 2.57 bits per heavy atom. The first-order valence-electron chi connectivity index (χ1n) is 11.5. The molecule has 0 aliphatic heterocycles. The van der Waals surface area contributed by atoms with Crippen molar-refractivity contribution >= 4 is 50.4 Å². The lowest BCUT2D eigenvalue weighted by Crippen LogP contribution is -2.29. The van der Waals surface area contributed by atoms with Crippen molar-refractivity contribution in [2.45, 2.75) is 57.0 Å². The van der Waals surface area contributed by atoms with Crippen LogP contribution in [0.1, 0.15) is 45.5 Å². The molecule has 0 radical (unpaired) electrons. The van der Waals surface area contributed by atoms with Crippen molar-refractivity contribution in [2.24, 2.45) is 4.40 Å². The largest absolute Gasteiger partial charge is 0.465 e. The van der Waals surface area contributed by atoms with Crippen molar-refractivity contribution in [2.75, 3.05) is 12.9 Å². The number of carbonyl (C=O) groups is 1. The molecule has 0 unspecified atom stereocenters. The normalized spacial score (nSPS) is 13.0. The highest BCUT2D eigenvalue weighted by atomic mass is 79.9. The van der Waals surface area contributed by atoms with Crippen LogP contribution in [-0.2, 0) is 33.5 Å². The van der Waals surface area contributed by atoms with Gasteiger partial charge >= 0.3 is 5.97 Å². The van der Waals surface area contributed by atoms with Crippen molar-refractivity contribution in [1.29, 1.82) is 0 Å². The zero-order valence-electron chi connectivity index (χ0n) is 21.3. The number of hydrogen-bond acceptors (Lipinski definition) is 8. The summed E-state index contributed by atoms with van der Waals surface area (Å²) in [6.07, 6.45) is 3.90. The number of esters is 1. The summed E-state index contributed by atoms with van der Waals surface area (Å²) in [5.74, 6) is -0.0870. The Hall–Kier alpha value is -2.57. The van der Waals surface area contributed by atoms with E-state index in [1.165, 1.54) is 22.6 Å². The molecule has 0 spiro atoms. The number of aromatic nitrogens is 3. The van der Waals surface area contributed by atoms with E-state index >= 15 is 0 Å². The van der Waals surface area contributed by atoms with Gasteiger partial charge in [0.05, 0.1) is 22.8 Å². The van der Waals surface area contributed by atoms with Gasteiger partial charge in [0.15, 0.2) is 5.16 Å². The predicted octanol–water partition coefficient (Wildman–Crippen LogP) is 4.83. The number of nitrogens with zero attached hydrogens (tertiary/aromatic N) is 4. The van der Waals surface area contributed by atoms with E-state index < -0.39 is 21.7 Å². The molecule has 0 bridgehead atoms. The standard InChI is InChI=1S/C25H29BrN4O5S2/c1-6-34-20(31)14-30-23(32)21(26)18(28-24(30)36-5)13-12-17(29-37(33)25(2,3)4)19-15-35-22(27-19)16-10-8-7-9-11-16/h7-11,15H,6,12-14H2,1-5H3/b29-17-/t37-/m1/s1. The number of halogens is 1. The molecule has 0 aliphatic carbocycles. The summed E-state index contributed by atoms with van der Waals surface area (Å²) in [5.41, 5.74) is 1.87. The number of benzene rings is 1. The molecule has 37 heavy (non-hydrogen) atoms. The first-order chi connectivity index (χ1) is 17.5. The zero-order valence-corrected chi connectivity index (χ0v) is 24.5. The molecule has 1 aromatic carbocycles. The third-order valence-electron chi connectivity index (χ3n) is 5.06. The minimum Gasteiger partial charge on any atom is -0.465 e. The molecular weight excluding hydrogens is 580 g/mol. The van der Waals surface area contributed by atoms with E-state index in [0.29, 0.717) is 41.0 Å². The molecule has 12 heteroatoms. The summed E-state index contributed by atoms with van der Waals surface area (Å²) < 4.78 is 29.0. The molecular formula is C25H29BrN4O5S2.